The van der Waals surface area contributed by atoms with Gasteiger partial charge < -0.3 is 4.90 Å². The van der Waals surface area contributed by atoms with Gasteiger partial charge in [0.25, 0.3) is 0 Å². The van der Waals surface area contributed by atoms with Crippen molar-refractivity contribution in [2.24, 2.45) is 0 Å². The van der Waals surface area contributed by atoms with Crippen molar-refractivity contribution in [3.63, 3.8) is 0 Å². The third-order valence-electron chi connectivity index (χ3n) is 4.86. The second-order valence-corrected chi connectivity index (χ2v) is 9.56. The van der Waals surface area contributed by atoms with E-state index < -0.39 is 10.0 Å². The van der Waals surface area contributed by atoms with Crippen molar-refractivity contribution in [1.82, 2.24) is 14.5 Å². The highest BCUT2D eigenvalue weighted by Gasteiger charge is 2.32. The van der Waals surface area contributed by atoms with Gasteiger partial charge in [0.1, 0.15) is 0 Å². The average Bonchev–Trinajstić information content (AvgIpc) is 2.99. The predicted molar refractivity (Wildman–Crippen MR) is 95.5 cm³/mol. The van der Waals surface area contributed by atoms with E-state index in [9.17, 15) is 13.2 Å². The Morgan fingerprint density at radius 1 is 1.42 bits per heavy atom. The van der Waals surface area contributed by atoms with E-state index in [2.05, 4.69) is 21.1 Å². The molecule has 2 aliphatic heterocycles. The molecule has 134 valence electrons. The summed E-state index contributed by atoms with van der Waals surface area (Å²) in [4.78, 5) is 18.3. The third kappa shape index (κ3) is 4.17. The molecular weight excluding hydrogens is 346 g/mol. The molecule has 24 heavy (non-hydrogen) atoms. The van der Waals surface area contributed by atoms with Gasteiger partial charge >= 0.3 is 0 Å². The summed E-state index contributed by atoms with van der Waals surface area (Å²) in [5.41, 5.74) is 1.27. The van der Waals surface area contributed by atoms with Gasteiger partial charge in [-0.15, -0.1) is 11.3 Å². The molecule has 6 nitrogen and oxygen atoms in total. The zero-order valence-corrected chi connectivity index (χ0v) is 15.8. The zero-order chi connectivity index (χ0) is 17.3. The van der Waals surface area contributed by atoms with E-state index in [0.29, 0.717) is 13.1 Å². The number of sulfonamides is 1. The van der Waals surface area contributed by atoms with E-state index >= 15 is 0 Å². The minimum Gasteiger partial charge on any atom is -0.337 e. The first-order valence-corrected chi connectivity index (χ1v) is 11.2. The van der Waals surface area contributed by atoms with Crippen molar-refractivity contribution in [2.45, 2.75) is 44.8 Å². The number of thiophene rings is 1. The first-order valence-electron chi connectivity index (χ1n) is 8.39. The van der Waals surface area contributed by atoms with Gasteiger partial charge in [-0.05, 0) is 49.7 Å². The van der Waals surface area contributed by atoms with Crippen molar-refractivity contribution in [1.29, 1.82) is 0 Å². The summed E-state index contributed by atoms with van der Waals surface area (Å²) in [7, 11) is -3.21. The fraction of sp³-hybridized carbons (Fsp3) is 0.688. The number of carbonyl (C=O) groups excluding carboxylic acids is 1. The van der Waals surface area contributed by atoms with Crippen LogP contribution in [0.4, 0.5) is 0 Å². The topological polar surface area (TPSA) is 69.7 Å². The van der Waals surface area contributed by atoms with E-state index in [1.54, 1.807) is 11.3 Å². The van der Waals surface area contributed by atoms with E-state index in [4.69, 9.17) is 0 Å². The van der Waals surface area contributed by atoms with Crippen LogP contribution in [0.25, 0.3) is 0 Å². The number of nitrogens with zero attached hydrogens (tertiary/aromatic N) is 2. The molecule has 1 saturated heterocycles. The Balaban J connectivity index is 1.61. The lowest BCUT2D eigenvalue weighted by Gasteiger charge is -2.38. The lowest BCUT2D eigenvalue weighted by atomic mass is 10.0. The van der Waals surface area contributed by atoms with Crippen LogP contribution in [0.15, 0.2) is 11.4 Å². The summed E-state index contributed by atoms with van der Waals surface area (Å²) >= 11 is 1.77. The number of piperidine rings is 1. The maximum Gasteiger partial charge on any atom is 0.239 e. The highest BCUT2D eigenvalue weighted by molar-refractivity contribution is 7.88. The molecule has 0 aromatic carbocycles. The van der Waals surface area contributed by atoms with Crippen molar-refractivity contribution in [2.75, 3.05) is 25.9 Å². The molecule has 2 unspecified atom stereocenters. The summed E-state index contributed by atoms with van der Waals surface area (Å²) in [5.74, 6) is 0.145. The van der Waals surface area contributed by atoms with Crippen LogP contribution in [-0.4, -0.2) is 62.1 Å². The summed E-state index contributed by atoms with van der Waals surface area (Å²) < 4.78 is 25.6. The Morgan fingerprint density at radius 2 is 2.21 bits per heavy atom. The third-order valence-corrected chi connectivity index (χ3v) is 6.64. The van der Waals surface area contributed by atoms with Crippen LogP contribution in [0.2, 0.25) is 0 Å². The number of hydrogen-bond donors (Lipinski definition) is 1. The molecule has 0 bridgehead atoms. The number of carbonyl (C=O) groups is 1. The molecule has 1 aromatic heterocycles. The lowest BCUT2D eigenvalue weighted by Crippen LogP contribution is -2.55. The van der Waals surface area contributed by atoms with Crippen LogP contribution < -0.4 is 4.72 Å². The van der Waals surface area contributed by atoms with Crippen molar-refractivity contribution in [3.8, 4) is 0 Å². The van der Waals surface area contributed by atoms with E-state index in [1.807, 2.05) is 11.8 Å². The molecule has 1 amide bonds. The molecule has 0 saturated carbocycles. The summed E-state index contributed by atoms with van der Waals surface area (Å²) in [5, 5.41) is 2.09. The van der Waals surface area contributed by atoms with Gasteiger partial charge in [0.15, 0.2) is 0 Å². The SMILES string of the molecule is CC(C(=O)N1CCc2sccc2C1)N1CCCC(NS(C)(=O)=O)C1. The molecule has 0 radical (unpaired) electrons. The largest absolute Gasteiger partial charge is 0.337 e. The number of rotatable bonds is 4. The van der Waals surface area contributed by atoms with Crippen molar-refractivity contribution >= 4 is 27.3 Å². The van der Waals surface area contributed by atoms with Gasteiger partial charge in [0.2, 0.25) is 15.9 Å². The molecule has 1 aromatic rings. The fourth-order valence-electron chi connectivity index (χ4n) is 3.61. The Morgan fingerprint density at radius 3 is 2.96 bits per heavy atom. The minimum atomic E-state index is -3.21. The summed E-state index contributed by atoms with van der Waals surface area (Å²) in [6.07, 6.45) is 3.85. The molecule has 2 aliphatic rings. The normalized spacial score (nSPS) is 23.8. The van der Waals surface area contributed by atoms with Crippen LogP contribution in [0.1, 0.15) is 30.2 Å². The first kappa shape index (κ1) is 17.8. The van der Waals surface area contributed by atoms with Crippen LogP contribution in [0.3, 0.4) is 0 Å². The zero-order valence-electron chi connectivity index (χ0n) is 14.2. The molecule has 8 heteroatoms. The molecule has 3 heterocycles. The molecule has 0 spiro atoms. The summed E-state index contributed by atoms with van der Waals surface area (Å²) in [6.45, 7) is 4.84. The molecule has 0 aliphatic carbocycles. The standard InChI is InChI=1S/C16H25N3O3S2/c1-12(18-7-3-4-14(11-18)17-24(2,21)22)16(20)19-8-5-15-13(10-19)6-9-23-15/h6,9,12,14,17H,3-5,7-8,10-11H2,1-2H3. The Hall–Kier alpha value is -0.960. The fourth-order valence-corrected chi connectivity index (χ4v) is 5.30. The van der Waals surface area contributed by atoms with E-state index in [0.717, 1.165) is 32.4 Å². The Bertz CT molecular complexity index is 701. The Kier molecular flexibility index (Phi) is 5.29. The average molecular weight is 372 g/mol. The minimum absolute atomic E-state index is 0.103. The van der Waals surface area contributed by atoms with Crippen molar-refractivity contribution in [3.05, 3.63) is 21.9 Å². The first-order chi connectivity index (χ1) is 11.3. The van der Waals surface area contributed by atoms with Crippen LogP contribution >= 0.6 is 11.3 Å². The molecule has 3 rings (SSSR count). The Labute approximate surface area is 147 Å². The number of likely N-dealkylation sites (tertiary alicyclic amines) is 1. The number of nitrogens with one attached hydrogen (secondary N) is 1. The van der Waals surface area contributed by atoms with Gasteiger partial charge in [-0.3, -0.25) is 9.69 Å². The highest BCUT2D eigenvalue weighted by Crippen LogP contribution is 2.25. The smallest absolute Gasteiger partial charge is 0.239 e. The van der Waals surface area contributed by atoms with Gasteiger partial charge in [-0.1, -0.05) is 0 Å². The second-order valence-electron chi connectivity index (χ2n) is 6.78. The van der Waals surface area contributed by atoms with Crippen LogP contribution in [0.5, 0.6) is 0 Å². The van der Waals surface area contributed by atoms with Gasteiger partial charge in [-0.25, -0.2) is 13.1 Å². The summed E-state index contributed by atoms with van der Waals surface area (Å²) in [6, 6.07) is 1.79. The molecule has 1 fully saturated rings. The second kappa shape index (κ2) is 7.11. The number of fused-ring (bicyclic) bond motifs is 1. The van der Waals surface area contributed by atoms with Crippen molar-refractivity contribution < 1.29 is 13.2 Å². The maximum atomic E-state index is 12.9. The lowest BCUT2D eigenvalue weighted by molar-refractivity contribution is -0.137. The van der Waals surface area contributed by atoms with Gasteiger partial charge in [0.05, 0.1) is 12.3 Å². The monoisotopic (exact) mass is 371 g/mol. The maximum absolute atomic E-state index is 12.9. The van der Waals surface area contributed by atoms with Gasteiger partial charge in [0, 0.05) is 30.6 Å². The predicted octanol–water partition coefficient (Wildman–Crippen LogP) is 1.03. The number of hydrogen-bond acceptors (Lipinski definition) is 5. The molecular formula is C16H25N3O3S2. The van der Waals surface area contributed by atoms with Gasteiger partial charge in [-0.2, -0.15) is 0 Å². The van der Waals surface area contributed by atoms with Crippen LogP contribution in [-0.2, 0) is 27.8 Å². The van der Waals surface area contributed by atoms with E-state index in [1.165, 1.54) is 16.7 Å². The highest BCUT2D eigenvalue weighted by atomic mass is 32.2. The molecule has 1 N–H and O–H groups in total. The van der Waals surface area contributed by atoms with E-state index in [-0.39, 0.29) is 18.0 Å². The number of amides is 1. The quantitative estimate of drug-likeness (QED) is 0.858. The molecule has 2 atom stereocenters. The van der Waals surface area contributed by atoms with Crippen LogP contribution in [0, 0.1) is 0 Å².